The molecule has 3 fully saturated rings. The van der Waals surface area contributed by atoms with Crippen LogP contribution < -0.4 is 15.8 Å². The molecule has 3 aliphatic heterocycles. The third-order valence-corrected chi connectivity index (χ3v) is 12.4. The van der Waals surface area contributed by atoms with Crippen molar-refractivity contribution in [2.75, 3.05) is 56.0 Å². The molecule has 1 spiro atoms. The van der Waals surface area contributed by atoms with Crippen molar-refractivity contribution in [1.29, 1.82) is 0 Å². The van der Waals surface area contributed by atoms with Crippen LogP contribution in [0.1, 0.15) is 84.8 Å². The largest absolute Gasteiger partial charge is 0.444 e. The second-order valence-corrected chi connectivity index (χ2v) is 17.7. The summed E-state index contributed by atoms with van der Waals surface area (Å²) in [6.07, 6.45) is 13.9. The van der Waals surface area contributed by atoms with E-state index in [-0.39, 0.29) is 11.7 Å². The van der Waals surface area contributed by atoms with Crippen LogP contribution in [0.3, 0.4) is 0 Å². The van der Waals surface area contributed by atoms with Gasteiger partial charge < -0.3 is 25.0 Å². The van der Waals surface area contributed by atoms with Gasteiger partial charge in [-0.1, -0.05) is 18.2 Å². The summed E-state index contributed by atoms with van der Waals surface area (Å²) in [4.78, 5) is 47.3. The number of piperidine rings is 1. The Labute approximate surface area is 329 Å². The van der Waals surface area contributed by atoms with E-state index in [1.54, 1.807) is 22.5 Å². The van der Waals surface area contributed by atoms with E-state index in [0.717, 1.165) is 63.7 Å². The summed E-state index contributed by atoms with van der Waals surface area (Å²) in [6.45, 7) is 14.9. The first kappa shape index (κ1) is 38.1. The molecule has 8 rings (SSSR count). The minimum atomic E-state index is -1.10. The van der Waals surface area contributed by atoms with Crippen molar-refractivity contribution in [3.8, 4) is 5.82 Å². The van der Waals surface area contributed by atoms with Crippen LogP contribution in [-0.2, 0) is 16.9 Å². The Bertz CT molecular complexity index is 2110. The van der Waals surface area contributed by atoms with Crippen LogP contribution >= 0.6 is 0 Å². The topological polar surface area (TPSA) is 134 Å². The summed E-state index contributed by atoms with van der Waals surface area (Å²) in [5, 5.41) is 14.9. The van der Waals surface area contributed by atoms with E-state index in [9.17, 15) is 14.7 Å². The second kappa shape index (κ2) is 15.3. The number of pyridine rings is 1. The van der Waals surface area contributed by atoms with Crippen LogP contribution in [0.4, 0.5) is 22.1 Å². The van der Waals surface area contributed by atoms with E-state index in [4.69, 9.17) is 14.7 Å². The molecule has 1 amide bonds. The van der Waals surface area contributed by atoms with Gasteiger partial charge in [0.15, 0.2) is 11.5 Å². The van der Waals surface area contributed by atoms with Gasteiger partial charge in [0.05, 0.1) is 12.2 Å². The Hall–Kier alpha value is -4.75. The third kappa shape index (κ3) is 8.20. The number of anilines is 3. The van der Waals surface area contributed by atoms with Gasteiger partial charge in [0.2, 0.25) is 5.95 Å². The molecule has 13 nitrogen and oxygen atoms in total. The number of carbonyl (C=O) groups excluding carboxylic acids is 1. The number of aromatic nitrogens is 5. The number of nitrogens with zero attached hydrogens (tertiary/aromatic N) is 8. The molecule has 0 radical (unpaired) electrons. The Morgan fingerprint density at radius 3 is 2.38 bits per heavy atom. The molecule has 56 heavy (non-hydrogen) atoms. The van der Waals surface area contributed by atoms with Crippen LogP contribution in [0.2, 0.25) is 0 Å². The molecule has 1 aromatic carbocycles. The number of rotatable bonds is 5. The molecule has 0 unspecified atom stereocenters. The summed E-state index contributed by atoms with van der Waals surface area (Å²) in [5.41, 5.74) is 1.71. The van der Waals surface area contributed by atoms with Crippen molar-refractivity contribution in [2.24, 2.45) is 11.3 Å². The Kier molecular flexibility index (Phi) is 10.4. The zero-order valence-electron chi connectivity index (χ0n) is 33.4. The summed E-state index contributed by atoms with van der Waals surface area (Å²) in [5.74, 6) is 1.65. The summed E-state index contributed by atoms with van der Waals surface area (Å²) < 4.78 is 8.97. The molecular weight excluding hydrogens is 707 g/mol. The van der Waals surface area contributed by atoms with Gasteiger partial charge in [-0.05, 0) is 127 Å². The van der Waals surface area contributed by atoms with Crippen molar-refractivity contribution in [3.05, 3.63) is 76.9 Å². The first-order valence-corrected chi connectivity index (χ1v) is 20.5. The molecule has 2 bridgehead atoms. The maximum absolute atomic E-state index is 13.5. The van der Waals surface area contributed by atoms with Gasteiger partial charge in [-0.15, -0.1) is 0 Å². The summed E-state index contributed by atoms with van der Waals surface area (Å²) in [7, 11) is 0. The average molecular weight is 764 g/mol. The smallest absolute Gasteiger partial charge is 0.410 e. The molecule has 298 valence electrons. The molecule has 4 aromatic rings. The van der Waals surface area contributed by atoms with Crippen molar-refractivity contribution < 1.29 is 14.6 Å². The van der Waals surface area contributed by atoms with Gasteiger partial charge in [0, 0.05) is 63.4 Å². The van der Waals surface area contributed by atoms with Gasteiger partial charge in [0.1, 0.15) is 16.6 Å². The highest BCUT2D eigenvalue weighted by atomic mass is 16.6. The molecule has 1 saturated carbocycles. The van der Waals surface area contributed by atoms with E-state index >= 15 is 0 Å². The fourth-order valence-electron chi connectivity index (χ4n) is 9.01. The number of benzene rings is 1. The normalized spacial score (nSPS) is 22.7. The highest BCUT2D eigenvalue weighted by Gasteiger charge is 2.40. The van der Waals surface area contributed by atoms with Gasteiger partial charge in [-0.25, -0.2) is 24.1 Å². The van der Waals surface area contributed by atoms with Gasteiger partial charge in [-0.2, -0.15) is 4.98 Å². The zero-order chi connectivity index (χ0) is 39.1. The SMILES string of the molecule is CC(C)(C)OC(=O)N1CCC2(CCC(CN3CCN(c4ccc(Nc5ncc6c(=O)n7n(c6n5)-c5cccc(n5)[C@](C)(O)CC/C=C\C7)cc4)CC3)CC2)CC1. The number of hydrogen-bond acceptors (Lipinski definition) is 10. The van der Waals surface area contributed by atoms with E-state index in [0.29, 0.717) is 53.3 Å². The van der Waals surface area contributed by atoms with E-state index in [1.807, 2.05) is 56.0 Å². The number of piperazine rings is 1. The van der Waals surface area contributed by atoms with Crippen LogP contribution in [-0.4, -0.2) is 96.7 Å². The van der Waals surface area contributed by atoms with Crippen molar-refractivity contribution in [1.82, 2.24) is 34.1 Å². The predicted molar refractivity (Wildman–Crippen MR) is 219 cm³/mol. The van der Waals surface area contributed by atoms with Gasteiger partial charge in [-0.3, -0.25) is 9.69 Å². The highest BCUT2D eigenvalue weighted by Crippen LogP contribution is 2.46. The number of nitrogens with one attached hydrogen (secondary N) is 1. The quantitative estimate of drug-likeness (QED) is 0.214. The maximum Gasteiger partial charge on any atom is 0.410 e. The Morgan fingerprint density at radius 1 is 0.929 bits per heavy atom. The van der Waals surface area contributed by atoms with Crippen LogP contribution in [0.5, 0.6) is 0 Å². The monoisotopic (exact) mass is 763 g/mol. The second-order valence-electron chi connectivity index (χ2n) is 17.7. The number of allylic oxidation sites excluding steroid dienone is 2. The zero-order valence-corrected chi connectivity index (χ0v) is 33.4. The molecular formula is C43H57N9O4. The standard InChI is InChI=1S/C43H57N9O4/c1-41(2,3)56-40(54)50-23-20-43(21-24-50)18-15-31(16-19-43)30-48-25-27-49(28-26-48)33-13-11-32(12-14-33)45-39-44-29-34-37(47-39)52-36-10-8-9-35(46-36)42(4,55)17-6-5-7-22-51(52)38(34)53/h5,7-14,29,31,55H,6,15-28,30H2,1-4H3,(H,44,45,47)/b7-5-/t42-/m1/s1. The van der Waals surface area contributed by atoms with Crippen LogP contribution in [0.15, 0.2) is 65.6 Å². The molecule has 2 N–H and O–H groups in total. The van der Waals surface area contributed by atoms with Crippen molar-refractivity contribution >= 4 is 34.4 Å². The summed E-state index contributed by atoms with van der Waals surface area (Å²) >= 11 is 0. The van der Waals surface area contributed by atoms with E-state index < -0.39 is 11.2 Å². The fraction of sp³-hybridized carbons (Fsp3) is 0.558. The number of hydrogen-bond donors (Lipinski definition) is 2. The maximum atomic E-state index is 13.5. The molecule has 13 heteroatoms. The van der Waals surface area contributed by atoms with Gasteiger partial charge in [0.25, 0.3) is 5.56 Å². The van der Waals surface area contributed by atoms with E-state index in [2.05, 4.69) is 44.4 Å². The van der Waals surface area contributed by atoms with E-state index in [1.165, 1.54) is 37.9 Å². The predicted octanol–water partition coefficient (Wildman–Crippen LogP) is 6.61. The average Bonchev–Trinajstić information content (AvgIpc) is 3.45. The fourth-order valence-corrected chi connectivity index (χ4v) is 9.01. The first-order valence-electron chi connectivity index (χ1n) is 20.5. The molecule has 1 atom stereocenters. The molecule has 4 aliphatic rings. The van der Waals surface area contributed by atoms with Gasteiger partial charge >= 0.3 is 6.09 Å². The lowest BCUT2D eigenvalue weighted by Gasteiger charge is -2.47. The third-order valence-electron chi connectivity index (χ3n) is 12.4. The molecule has 1 aliphatic carbocycles. The lowest BCUT2D eigenvalue weighted by Crippen LogP contribution is -2.49. The molecule has 2 saturated heterocycles. The number of ether oxygens (including phenoxy) is 1. The number of aliphatic hydroxyl groups is 1. The Morgan fingerprint density at radius 2 is 1.66 bits per heavy atom. The lowest BCUT2D eigenvalue weighted by atomic mass is 9.65. The Balaban J connectivity index is 0.856. The molecule has 6 heterocycles. The van der Waals surface area contributed by atoms with Crippen LogP contribution in [0, 0.1) is 11.3 Å². The highest BCUT2D eigenvalue weighted by molar-refractivity contribution is 5.77. The first-order chi connectivity index (χ1) is 26.8. The van der Waals surface area contributed by atoms with Crippen molar-refractivity contribution in [3.63, 3.8) is 0 Å². The molecule has 3 aromatic heterocycles. The van der Waals surface area contributed by atoms with Crippen LogP contribution in [0.25, 0.3) is 16.9 Å². The number of likely N-dealkylation sites (tertiary alicyclic amines) is 1. The lowest BCUT2D eigenvalue weighted by molar-refractivity contribution is 0.0000199. The minimum Gasteiger partial charge on any atom is -0.444 e. The summed E-state index contributed by atoms with van der Waals surface area (Å²) in [6, 6.07) is 13.9. The minimum absolute atomic E-state index is 0.163. The number of fused-ring (bicyclic) bond motifs is 6. The van der Waals surface area contributed by atoms with Crippen molar-refractivity contribution in [2.45, 2.75) is 96.8 Å². The number of amides is 1. The number of carbonyl (C=O) groups is 1.